The molecule has 0 saturated carbocycles. The van der Waals surface area contributed by atoms with Crippen molar-refractivity contribution in [3.63, 3.8) is 0 Å². The topological polar surface area (TPSA) is 237 Å². The van der Waals surface area contributed by atoms with Crippen LogP contribution in [0.1, 0.15) is 51.9 Å². The van der Waals surface area contributed by atoms with Gasteiger partial charge < -0.3 is 60.6 Å². The van der Waals surface area contributed by atoms with Crippen molar-refractivity contribution in [3.05, 3.63) is 0 Å². The summed E-state index contributed by atoms with van der Waals surface area (Å²) in [5.41, 5.74) is 0. The number of ether oxygens (including phenoxy) is 4. The molecular weight excluding hydrogens is 610 g/mol. The molecule has 4 amide bonds. The Balaban J connectivity index is 1.79. The maximum absolute atomic E-state index is 12.7. The van der Waals surface area contributed by atoms with Gasteiger partial charge in [0.2, 0.25) is 23.6 Å². The molecule has 8 N–H and O–H groups in total. The minimum absolute atomic E-state index is 0.0125. The Kier molecular flexibility index (Phi) is 19.1. The van der Waals surface area contributed by atoms with Crippen molar-refractivity contribution in [2.45, 2.75) is 95.0 Å². The van der Waals surface area contributed by atoms with Gasteiger partial charge in [-0.3, -0.25) is 24.1 Å². The van der Waals surface area contributed by atoms with E-state index in [0.29, 0.717) is 32.2 Å². The van der Waals surface area contributed by atoms with Gasteiger partial charge in [-0.05, 0) is 32.6 Å². The molecule has 46 heavy (non-hydrogen) atoms. The van der Waals surface area contributed by atoms with Crippen LogP contribution < -0.4 is 21.3 Å². The third-order valence-corrected chi connectivity index (χ3v) is 7.45. The number of aliphatic hydroxyl groups is 4. The van der Waals surface area contributed by atoms with E-state index in [-0.39, 0.29) is 76.9 Å². The van der Waals surface area contributed by atoms with Gasteiger partial charge in [0.1, 0.15) is 12.2 Å². The number of hydrogen-bond donors (Lipinski definition) is 8. The first-order valence-electron chi connectivity index (χ1n) is 15.9. The highest BCUT2D eigenvalue weighted by molar-refractivity contribution is 5.84. The number of nitrogens with one attached hydrogen (secondary N) is 4. The van der Waals surface area contributed by atoms with E-state index in [2.05, 4.69) is 21.3 Å². The highest BCUT2D eigenvalue weighted by Gasteiger charge is 2.37. The zero-order chi connectivity index (χ0) is 33.9. The summed E-state index contributed by atoms with van der Waals surface area (Å²) in [6, 6.07) is 0. The molecule has 0 spiro atoms. The lowest BCUT2D eigenvalue weighted by atomic mass is 10.0. The average molecular weight is 664 g/mol. The predicted octanol–water partition coefficient (Wildman–Crippen LogP) is -3.31. The summed E-state index contributed by atoms with van der Waals surface area (Å²) in [5, 5.41) is 49.9. The zero-order valence-electron chi connectivity index (χ0n) is 26.9. The number of carbonyl (C=O) groups excluding carboxylic acids is 4. The second-order valence-electron chi connectivity index (χ2n) is 11.5. The SMILES string of the molecule is CNC(=O)CCCCCNC(=O)CN(CC(=O)NCCO[C@@H]1O[C@H](CO)C[C@H](O)[C@@H]1O)CC(=O)NCCO[C@@H]1O[C@@H](C)CC[C@@H]1O. The molecule has 0 unspecified atom stereocenters. The molecule has 0 bridgehead atoms. The summed E-state index contributed by atoms with van der Waals surface area (Å²) in [4.78, 5) is 50.6. The Morgan fingerprint density at radius 3 is 1.93 bits per heavy atom. The van der Waals surface area contributed by atoms with Crippen molar-refractivity contribution in [2.75, 3.05) is 66.1 Å². The highest BCUT2D eigenvalue weighted by atomic mass is 16.7. The summed E-state index contributed by atoms with van der Waals surface area (Å²) in [6.07, 6.45) is -1.99. The number of carbonyl (C=O) groups is 4. The van der Waals surface area contributed by atoms with Crippen molar-refractivity contribution in [2.24, 2.45) is 0 Å². The van der Waals surface area contributed by atoms with Crippen LogP contribution in [0.25, 0.3) is 0 Å². The van der Waals surface area contributed by atoms with Gasteiger partial charge >= 0.3 is 0 Å². The van der Waals surface area contributed by atoms with E-state index < -0.39 is 48.8 Å². The lowest BCUT2D eigenvalue weighted by molar-refractivity contribution is -0.270. The molecule has 0 aromatic rings. The molecule has 2 saturated heterocycles. The van der Waals surface area contributed by atoms with E-state index >= 15 is 0 Å². The van der Waals surface area contributed by atoms with E-state index in [1.165, 1.54) is 4.90 Å². The molecule has 7 atom stereocenters. The van der Waals surface area contributed by atoms with E-state index in [1.807, 2.05) is 6.92 Å². The van der Waals surface area contributed by atoms with Gasteiger partial charge in [-0.25, -0.2) is 0 Å². The molecular formula is C29H53N5O12. The fraction of sp³-hybridized carbons (Fsp3) is 0.862. The Hall–Kier alpha value is -2.48. The van der Waals surface area contributed by atoms with Crippen molar-refractivity contribution in [1.82, 2.24) is 26.2 Å². The van der Waals surface area contributed by atoms with Crippen LogP contribution in [0, 0.1) is 0 Å². The van der Waals surface area contributed by atoms with Gasteiger partial charge in [0.05, 0.1) is 57.8 Å². The van der Waals surface area contributed by atoms with Crippen molar-refractivity contribution < 1.29 is 58.6 Å². The minimum Gasteiger partial charge on any atom is -0.394 e. The van der Waals surface area contributed by atoms with Crippen LogP contribution in [-0.2, 0) is 38.1 Å². The number of hydrogen-bond acceptors (Lipinski definition) is 13. The molecule has 0 aromatic carbocycles. The summed E-state index contributed by atoms with van der Waals surface area (Å²) < 4.78 is 21.9. The largest absolute Gasteiger partial charge is 0.394 e. The maximum Gasteiger partial charge on any atom is 0.234 e. The van der Waals surface area contributed by atoms with Crippen LogP contribution in [0.15, 0.2) is 0 Å². The number of nitrogens with zero attached hydrogens (tertiary/aromatic N) is 1. The molecule has 0 aromatic heterocycles. The predicted molar refractivity (Wildman–Crippen MR) is 162 cm³/mol. The van der Waals surface area contributed by atoms with Gasteiger partial charge in [0.25, 0.3) is 0 Å². The molecule has 2 heterocycles. The van der Waals surface area contributed by atoms with Crippen LogP contribution in [0.2, 0.25) is 0 Å². The fourth-order valence-corrected chi connectivity index (χ4v) is 4.87. The molecule has 2 aliphatic rings. The molecule has 17 heteroatoms. The first kappa shape index (κ1) is 39.7. The van der Waals surface area contributed by atoms with Gasteiger partial charge in [-0.2, -0.15) is 0 Å². The Morgan fingerprint density at radius 1 is 0.761 bits per heavy atom. The van der Waals surface area contributed by atoms with E-state index in [0.717, 1.165) is 12.8 Å². The normalized spacial score (nSPS) is 26.4. The lowest BCUT2D eigenvalue weighted by Crippen LogP contribution is -2.51. The number of unbranched alkanes of at least 4 members (excludes halogenated alkanes) is 2. The van der Waals surface area contributed by atoms with Crippen LogP contribution in [-0.4, -0.2) is 158 Å². The van der Waals surface area contributed by atoms with Crippen LogP contribution in [0.5, 0.6) is 0 Å². The highest BCUT2D eigenvalue weighted by Crippen LogP contribution is 2.21. The molecule has 0 aliphatic carbocycles. The monoisotopic (exact) mass is 663 g/mol. The summed E-state index contributed by atoms with van der Waals surface area (Å²) >= 11 is 0. The number of amides is 4. The van der Waals surface area contributed by atoms with E-state index in [1.54, 1.807) is 7.05 Å². The molecule has 2 fully saturated rings. The van der Waals surface area contributed by atoms with Gasteiger partial charge in [-0.1, -0.05) is 6.42 Å². The molecule has 0 radical (unpaired) electrons. The Labute approximate surface area is 269 Å². The number of aliphatic hydroxyl groups excluding tert-OH is 4. The quantitative estimate of drug-likeness (QED) is 0.0563. The third kappa shape index (κ3) is 15.9. The van der Waals surface area contributed by atoms with Crippen LogP contribution in [0.4, 0.5) is 0 Å². The zero-order valence-corrected chi connectivity index (χ0v) is 26.9. The molecule has 2 aliphatic heterocycles. The van der Waals surface area contributed by atoms with Crippen molar-refractivity contribution >= 4 is 23.6 Å². The maximum atomic E-state index is 12.7. The molecule has 266 valence electrons. The average Bonchev–Trinajstić information content (AvgIpc) is 3.02. The molecule has 17 nitrogen and oxygen atoms in total. The first-order chi connectivity index (χ1) is 22.0. The van der Waals surface area contributed by atoms with Gasteiger partial charge in [0.15, 0.2) is 12.6 Å². The van der Waals surface area contributed by atoms with Gasteiger partial charge in [0, 0.05) is 39.5 Å². The summed E-state index contributed by atoms with van der Waals surface area (Å²) in [6.45, 7) is 1.31. The standard InChI is InChI=1S/C29H53N5O12/c1-19-7-8-21(36)28(45-19)43-12-10-32-25(40)16-34(15-24(39)31-9-5-3-4-6-23(38)30-2)17-26(41)33-11-13-44-29-27(42)22(37)14-20(18-35)46-29/h19-22,27-29,35-37,42H,3-18H2,1-2H3,(H,30,38)(H,31,39)(H,32,40)(H,33,41)/t19-,20-,21-,22-,27-,28+,29+/m0/s1. The third-order valence-electron chi connectivity index (χ3n) is 7.45. The second kappa shape index (κ2) is 22.2. The fourth-order valence-electron chi connectivity index (χ4n) is 4.87. The molecule has 2 rings (SSSR count). The van der Waals surface area contributed by atoms with Crippen molar-refractivity contribution in [1.29, 1.82) is 0 Å². The van der Waals surface area contributed by atoms with Crippen molar-refractivity contribution in [3.8, 4) is 0 Å². The number of rotatable bonds is 21. The van der Waals surface area contributed by atoms with E-state index in [9.17, 15) is 39.6 Å². The first-order valence-corrected chi connectivity index (χ1v) is 15.9. The van der Waals surface area contributed by atoms with E-state index in [4.69, 9.17) is 18.9 Å². The lowest BCUT2D eigenvalue weighted by Gasteiger charge is -2.36. The Bertz CT molecular complexity index is 931. The van der Waals surface area contributed by atoms with Gasteiger partial charge in [-0.15, -0.1) is 0 Å². The minimum atomic E-state index is -1.31. The second-order valence-corrected chi connectivity index (χ2v) is 11.5. The summed E-state index contributed by atoms with van der Waals surface area (Å²) in [5.74, 6) is -1.35. The van der Waals surface area contributed by atoms with Crippen LogP contribution >= 0.6 is 0 Å². The Morgan fingerprint density at radius 2 is 1.35 bits per heavy atom. The summed E-state index contributed by atoms with van der Waals surface area (Å²) in [7, 11) is 1.58. The van der Waals surface area contributed by atoms with Crippen LogP contribution in [0.3, 0.4) is 0 Å². The smallest absolute Gasteiger partial charge is 0.234 e.